The molecule has 0 aliphatic heterocycles. The van der Waals surface area contributed by atoms with E-state index >= 15 is 0 Å². The third-order valence-electron chi connectivity index (χ3n) is 6.65. The van der Waals surface area contributed by atoms with E-state index in [4.69, 9.17) is 4.74 Å². The van der Waals surface area contributed by atoms with Crippen molar-refractivity contribution >= 4 is 11.8 Å². The van der Waals surface area contributed by atoms with Crippen LogP contribution in [0.3, 0.4) is 0 Å². The SMILES string of the molecule is CCCC(C)(Oc1cccc(CCCCCNc2nn(CCCC(F)(F)F)c(=O)n(CCCC(F)(F)F)c2=O)c1)C(=O)O. The van der Waals surface area contributed by atoms with Crippen LogP contribution in [0, 0.1) is 0 Å². The van der Waals surface area contributed by atoms with Gasteiger partial charge in [0.2, 0.25) is 11.4 Å². The number of hydrogen-bond donors (Lipinski definition) is 2. The third-order valence-corrected chi connectivity index (χ3v) is 6.65. The minimum Gasteiger partial charge on any atom is -0.478 e. The van der Waals surface area contributed by atoms with Crippen LogP contribution in [0.2, 0.25) is 0 Å². The van der Waals surface area contributed by atoms with E-state index in [1.165, 1.54) is 6.92 Å². The number of aryl methyl sites for hydroxylation is 2. The number of aliphatic carboxylic acids is 1. The summed E-state index contributed by atoms with van der Waals surface area (Å²) in [5, 5.41) is 16.2. The molecule has 2 rings (SSSR count). The molecule has 0 aliphatic rings. The Morgan fingerprint density at radius 2 is 1.60 bits per heavy atom. The molecule has 0 fully saturated rings. The normalized spacial score (nSPS) is 13.5. The smallest absolute Gasteiger partial charge is 0.389 e. The van der Waals surface area contributed by atoms with Crippen molar-refractivity contribution in [1.82, 2.24) is 14.3 Å². The molecule has 0 radical (unpaired) electrons. The van der Waals surface area contributed by atoms with Gasteiger partial charge in [0.15, 0.2) is 0 Å². The molecule has 0 amide bonds. The zero-order chi connectivity index (χ0) is 32.3. The highest BCUT2D eigenvalue weighted by atomic mass is 19.4. The first-order chi connectivity index (χ1) is 20.0. The lowest BCUT2D eigenvalue weighted by Gasteiger charge is -2.26. The summed E-state index contributed by atoms with van der Waals surface area (Å²) in [5.74, 6) is -0.927. The molecule has 2 aromatic rings. The molecule has 0 spiro atoms. The molecule has 1 unspecified atom stereocenters. The number of aromatic nitrogens is 3. The average molecular weight is 625 g/mol. The Kier molecular flexibility index (Phi) is 13.1. The van der Waals surface area contributed by atoms with Gasteiger partial charge in [-0.25, -0.2) is 14.3 Å². The first-order valence-electron chi connectivity index (χ1n) is 14.2. The number of unbranched alkanes of at least 4 members (excludes halogenated alkanes) is 2. The topological polar surface area (TPSA) is 115 Å². The van der Waals surface area contributed by atoms with Crippen LogP contribution in [-0.4, -0.2) is 49.9 Å². The maximum atomic E-state index is 12.8. The van der Waals surface area contributed by atoms with Crippen molar-refractivity contribution in [2.75, 3.05) is 11.9 Å². The van der Waals surface area contributed by atoms with Crippen molar-refractivity contribution in [3.63, 3.8) is 0 Å². The third kappa shape index (κ3) is 12.3. The summed E-state index contributed by atoms with van der Waals surface area (Å²) in [5.41, 5.74) is -2.41. The first kappa shape index (κ1) is 35.7. The molecule has 1 aromatic heterocycles. The second-order valence-corrected chi connectivity index (χ2v) is 10.5. The van der Waals surface area contributed by atoms with E-state index < -0.39 is 73.9 Å². The molecular formula is C28H38F6N4O5. The summed E-state index contributed by atoms with van der Waals surface area (Å²) in [6, 6.07) is 7.13. The summed E-state index contributed by atoms with van der Waals surface area (Å²) in [4.78, 5) is 37.0. The van der Waals surface area contributed by atoms with Crippen molar-refractivity contribution in [2.24, 2.45) is 0 Å². The molecule has 1 aromatic carbocycles. The zero-order valence-electron chi connectivity index (χ0n) is 24.2. The number of nitrogens with zero attached hydrogens (tertiary/aromatic N) is 3. The fraction of sp³-hybridized carbons (Fsp3) is 0.643. The van der Waals surface area contributed by atoms with Gasteiger partial charge in [-0.2, -0.15) is 26.3 Å². The molecule has 0 saturated carbocycles. The van der Waals surface area contributed by atoms with E-state index in [0.717, 1.165) is 12.0 Å². The Labute approximate surface area is 244 Å². The standard InChI is InChI=1S/C28H38F6N4O5/c1-3-13-26(2,24(40)41)43-21-12-7-11-20(19-21)10-5-4-6-16-35-22-23(39)37(17-8-14-27(29,30)31)25(42)38(36-22)18-9-15-28(32,33)34/h7,11-12,19H,3-6,8-10,13-18H2,1-2H3,(H,35,36)(H,40,41). The van der Waals surface area contributed by atoms with Gasteiger partial charge < -0.3 is 15.2 Å². The lowest BCUT2D eigenvalue weighted by Crippen LogP contribution is -2.43. The van der Waals surface area contributed by atoms with Crippen LogP contribution in [0.5, 0.6) is 5.75 Å². The van der Waals surface area contributed by atoms with E-state index in [2.05, 4.69) is 10.4 Å². The summed E-state index contributed by atoms with van der Waals surface area (Å²) in [7, 11) is 0. The highest BCUT2D eigenvalue weighted by molar-refractivity contribution is 5.77. The van der Waals surface area contributed by atoms with Gasteiger partial charge in [-0.05, 0) is 63.1 Å². The Balaban J connectivity index is 1.99. The van der Waals surface area contributed by atoms with Gasteiger partial charge in [0.05, 0.1) is 0 Å². The Hall–Kier alpha value is -3.52. The van der Waals surface area contributed by atoms with Gasteiger partial charge in [-0.15, -0.1) is 5.10 Å². The molecule has 2 N–H and O–H groups in total. The number of benzene rings is 1. The number of hydrogen-bond acceptors (Lipinski definition) is 6. The second-order valence-electron chi connectivity index (χ2n) is 10.5. The predicted molar refractivity (Wildman–Crippen MR) is 147 cm³/mol. The average Bonchev–Trinajstić information content (AvgIpc) is 2.89. The fourth-order valence-corrected chi connectivity index (χ4v) is 4.42. The van der Waals surface area contributed by atoms with Crippen molar-refractivity contribution < 1.29 is 41.0 Å². The fourth-order valence-electron chi connectivity index (χ4n) is 4.42. The van der Waals surface area contributed by atoms with Gasteiger partial charge in [0, 0.05) is 32.5 Å². The number of rotatable bonds is 18. The number of carboxylic acids is 1. The maximum Gasteiger partial charge on any atom is 0.389 e. The van der Waals surface area contributed by atoms with Gasteiger partial charge in [0.1, 0.15) is 5.75 Å². The highest BCUT2D eigenvalue weighted by Crippen LogP contribution is 2.25. The molecule has 9 nitrogen and oxygen atoms in total. The minimum atomic E-state index is -4.49. The molecule has 1 atom stereocenters. The van der Waals surface area contributed by atoms with E-state index in [1.54, 1.807) is 18.2 Å². The van der Waals surface area contributed by atoms with Crippen molar-refractivity contribution in [1.29, 1.82) is 0 Å². The Morgan fingerprint density at radius 1 is 0.953 bits per heavy atom. The molecule has 0 saturated heterocycles. The van der Waals surface area contributed by atoms with Crippen LogP contribution >= 0.6 is 0 Å². The molecule has 1 heterocycles. The number of carbonyl (C=O) groups is 1. The van der Waals surface area contributed by atoms with Crippen LogP contribution < -0.4 is 21.3 Å². The molecule has 242 valence electrons. The Bertz CT molecular complexity index is 1310. The molecular weight excluding hydrogens is 586 g/mol. The molecule has 15 heteroatoms. The number of ether oxygens (including phenoxy) is 1. The van der Waals surface area contributed by atoms with Crippen molar-refractivity contribution in [2.45, 2.75) is 109 Å². The number of anilines is 1. The van der Waals surface area contributed by atoms with Gasteiger partial charge >= 0.3 is 24.0 Å². The van der Waals surface area contributed by atoms with E-state index in [0.29, 0.717) is 47.1 Å². The summed E-state index contributed by atoms with van der Waals surface area (Å²) in [6.45, 7) is 2.61. The summed E-state index contributed by atoms with van der Waals surface area (Å²) < 4.78 is 82.5. The predicted octanol–water partition coefficient (Wildman–Crippen LogP) is 5.94. The molecule has 0 bridgehead atoms. The number of carboxylic acid groups (broad SMARTS) is 1. The van der Waals surface area contributed by atoms with Crippen LogP contribution in [0.4, 0.5) is 32.2 Å². The van der Waals surface area contributed by atoms with Crippen LogP contribution in [0.15, 0.2) is 33.9 Å². The van der Waals surface area contributed by atoms with Crippen LogP contribution in [-0.2, 0) is 24.3 Å². The summed E-state index contributed by atoms with van der Waals surface area (Å²) in [6.07, 6.45) is -8.82. The van der Waals surface area contributed by atoms with Gasteiger partial charge in [-0.1, -0.05) is 31.9 Å². The van der Waals surface area contributed by atoms with E-state index in [1.807, 2.05) is 13.0 Å². The quantitative estimate of drug-likeness (QED) is 0.156. The Morgan fingerprint density at radius 3 is 2.21 bits per heavy atom. The maximum absolute atomic E-state index is 12.8. The van der Waals surface area contributed by atoms with Gasteiger partial charge in [0.25, 0.3) is 5.56 Å². The van der Waals surface area contributed by atoms with Crippen LogP contribution in [0.1, 0.15) is 77.2 Å². The molecule has 43 heavy (non-hydrogen) atoms. The van der Waals surface area contributed by atoms with E-state index in [-0.39, 0.29) is 12.4 Å². The monoisotopic (exact) mass is 624 g/mol. The largest absolute Gasteiger partial charge is 0.478 e. The van der Waals surface area contributed by atoms with Gasteiger partial charge in [-0.3, -0.25) is 9.36 Å². The second kappa shape index (κ2) is 15.8. The van der Waals surface area contributed by atoms with Crippen molar-refractivity contribution in [3.8, 4) is 5.75 Å². The number of alkyl halides is 6. The van der Waals surface area contributed by atoms with Crippen LogP contribution in [0.25, 0.3) is 0 Å². The van der Waals surface area contributed by atoms with Crippen molar-refractivity contribution in [3.05, 3.63) is 50.7 Å². The summed E-state index contributed by atoms with van der Waals surface area (Å²) >= 11 is 0. The van der Waals surface area contributed by atoms with E-state index in [9.17, 15) is 45.8 Å². The minimum absolute atomic E-state index is 0.225. The first-order valence-corrected chi connectivity index (χ1v) is 14.2. The highest BCUT2D eigenvalue weighted by Gasteiger charge is 2.34. The number of nitrogens with one attached hydrogen (secondary N) is 1. The zero-order valence-corrected chi connectivity index (χ0v) is 24.2. The lowest BCUT2D eigenvalue weighted by atomic mass is 10.0. The molecule has 0 aliphatic carbocycles. The number of halogens is 6. The lowest BCUT2D eigenvalue weighted by molar-refractivity contribution is -0.154.